The summed E-state index contributed by atoms with van der Waals surface area (Å²) in [4.78, 5) is 11.6. The number of rotatable bonds is 3. The second-order valence-electron chi connectivity index (χ2n) is 4.66. The molecule has 0 saturated heterocycles. The van der Waals surface area contributed by atoms with Crippen molar-refractivity contribution in [3.05, 3.63) is 29.8 Å². The third-order valence-corrected chi connectivity index (χ3v) is 2.26. The molecule has 0 aliphatic heterocycles. The molecule has 1 aromatic carbocycles. The van der Waals surface area contributed by atoms with Gasteiger partial charge in [0.1, 0.15) is 5.60 Å². The molecule has 18 heavy (non-hydrogen) atoms. The number of carbonyl (C=O) groups is 1. The van der Waals surface area contributed by atoms with E-state index >= 15 is 0 Å². The zero-order chi connectivity index (χ0) is 14.0. The average molecular weight is 273 g/mol. The fourth-order valence-electron chi connectivity index (χ4n) is 1.16. The highest BCUT2D eigenvalue weighted by Crippen LogP contribution is 2.15. The Kier molecular flexibility index (Phi) is 3.98. The fourth-order valence-corrected chi connectivity index (χ4v) is 1.59. The van der Waals surface area contributed by atoms with E-state index in [0.717, 1.165) is 0 Å². The van der Waals surface area contributed by atoms with E-state index in [1.54, 1.807) is 20.8 Å². The smallest absolute Gasteiger partial charge is 0.357 e. The van der Waals surface area contributed by atoms with Gasteiger partial charge in [-0.3, -0.25) is 9.27 Å². The van der Waals surface area contributed by atoms with E-state index in [-0.39, 0.29) is 5.69 Å². The Bertz CT molecular complexity index is 528. The summed E-state index contributed by atoms with van der Waals surface area (Å²) >= 11 is 0. The van der Waals surface area contributed by atoms with Crippen molar-refractivity contribution in [2.75, 3.05) is 4.72 Å². The predicted molar refractivity (Wildman–Crippen MR) is 66.8 cm³/mol. The normalized spacial score (nSPS) is 12.0. The first kappa shape index (κ1) is 14.5. The standard InChI is InChI=1S/C11H15NO5S/c1-11(2,3)17-10(13)8-4-6-9(7-5-8)12-18(14,15)16/h4-7,12H,1-3H3,(H,14,15,16). The van der Waals surface area contributed by atoms with Gasteiger partial charge < -0.3 is 4.74 Å². The lowest BCUT2D eigenvalue weighted by molar-refractivity contribution is 0.00695. The minimum atomic E-state index is -4.31. The summed E-state index contributed by atoms with van der Waals surface area (Å²) in [5.74, 6) is -0.499. The van der Waals surface area contributed by atoms with Gasteiger partial charge in [0.15, 0.2) is 0 Å². The Morgan fingerprint density at radius 1 is 1.22 bits per heavy atom. The lowest BCUT2D eigenvalue weighted by Gasteiger charge is -2.19. The second-order valence-corrected chi connectivity index (χ2v) is 5.81. The Labute approximate surface area is 106 Å². The van der Waals surface area contributed by atoms with Crippen LogP contribution in [-0.2, 0) is 15.0 Å². The number of benzene rings is 1. The molecule has 0 heterocycles. The summed E-state index contributed by atoms with van der Waals surface area (Å²) in [6.07, 6.45) is 0. The molecule has 1 rings (SSSR count). The van der Waals surface area contributed by atoms with Gasteiger partial charge in [0.2, 0.25) is 0 Å². The first-order valence-corrected chi connectivity index (χ1v) is 6.59. The molecule has 0 aliphatic carbocycles. The van der Waals surface area contributed by atoms with Gasteiger partial charge in [-0.15, -0.1) is 0 Å². The maximum Gasteiger partial charge on any atom is 0.357 e. The highest BCUT2D eigenvalue weighted by atomic mass is 32.2. The van der Waals surface area contributed by atoms with E-state index < -0.39 is 21.9 Å². The van der Waals surface area contributed by atoms with Crippen LogP contribution in [0.4, 0.5) is 5.69 Å². The molecule has 0 fully saturated rings. The number of carbonyl (C=O) groups excluding carboxylic acids is 1. The number of hydrogen-bond acceptors (Lipinski definition) is 4. The van der Waals surface area contributed by atoms with Gasteiger partial charge in [0.25, 0.3) is 0 Å². The third-order valence-electron chi connectivity index (χ3n) is 1.77. The van der Waals surface area contributed by atoms with Crippen LogP contribution in [0.5, 0.6) is 0 Å². The summed E-state index contributed by atoms with van der Waals surface area (Å²) in [7, 11) is -4.31. The molecule has 100 valence electrons. The molecule has 0 radical (unpaired) electrons. The van der Waals surface area contributed by atoms with Crippen molar-refractivity contribution in [3.8, 4) is 0 Å². The molecule has 0 aromatic heterocycles. The van der Waals surface area contributed by atoms with E-state index in [4.69, 9.17) is 9.29 Å². The molecular formula is C11H15NO5S. The molecule has 0 spiro atoms. The minimum absolute atomic E-state index is 0.157. The molecular weight excluding hydrogens is 258 g/mol. The van der Waals surface area contributed by atoms with E-state index in [1.165, 1.54) is 24.3 Å². The summed E-state index contributed by atoms with van der Waals surface area (Å²) < 4.78 is 36.7. The molecule has 2 N–H and O–H groups in total. The molecule has 1 aromatic rings. The zero-order valence-electron chi connectivity index (χ0n) is 10.3. The van der Waals surface area contributed by atoms with Crippen LogP contribution in [0.15, 0.2) is 24.3 Å². The largest absolute Gasteiger partial charge is 0.456 e. The van der Waals surface area contributed by atoms with Gasteiger partial charge >= 0.3 is 16.3 Å². The fraction of sp³-hybridized carbons (Fsp3) is 0.364. The van der Waals surface area contributed by atoms with Gasteiger partial charge in [-0.1, -0.05) is 0 Å². The lowest BCUT2D eigenvalue weighted by Crippen LogP contribution is -2.23. The van der Waals surface area contributed by atoms with Crippen LogP contribution < -0.4 is 4.72 Å². The maximum absolute atomic E-state index is 11.6. The lowest BCUT2D eigenvalue weighted by atomic mass is 10.1. The summed E-state index contributed by atoms with van der Waals surface area (Å²) in [6.45, 7) is 5.25. The van der Waals surface area contributed by atoms with Gasteiger partial charge in [0, 0.05) is 0 Å². The van der Waals surface area contributed by atoms with Crippen LogP contribution in [-0.4, -0.2) is 24.5 Å². The monoisotopic (exact) mass is 273 g/mol. The highest BCUT2D eigenvalue weighted by Gasteiger charge is 2.17. The predicted octanol–water partition coefficient (Wildman–Crippen LogP) is 1.86. The molecule has 0 bridgehead atoms. The second kappa shape index (κ2) is 4.95. The van der Waals surface area contributed by atoms with Crippen molar-refractivity contribution in [3.63, 3.8) is 0 Å². The number of hydrogen-bond donors (Lipinski definition) is 2. The van der Waals surface area contributed by atoms with Crippen molar-refractivity contribution in [1.29, 1.82) is 0 Å². The van der Waals surface area contributed by atoms with Gasteiger partial charge in [-0.2, -0.15) is 8.42 Å². The first-order chi connectivity index (χ1) is 8.07. The number of anilines is 1. The van der Waals surface area contributed by atoms with Gasteiger partial charge in [-0.05, 0) is 45.0 Å². The SMILES string of the molecule is CC(C)(C)OC(=O)c1ccc(NS(=O)(=O)O)cc1. The van der Waals surface area contributed by atoms with Crippen LogP contribution in [0.2, 0.25) is 0 Å². The van der Waals surface area contributed by atoms with Gasteiger partial charge in [0.05, 0.1) is 11.3 Å². The van der Waals surface area contributed by atoms with E-state index in [2.05, 4.69) is 0 Å². The van der Waals surface area contributed by atoms with Crippen molar-refractivity contribution < 1.29 is 22.5 Å². The summed E-state index contributed by atoms with van der Waals surface area (Å²) in [6, 6.07) is 5.52. The molecule has 0 aliphatic rings. The molecule has 7 heteroatoms. The van der Waals surface area contributed by atoms with Crippen LogP contribution >= 0.6 is 0 Å². The Morgan fingerprint density at radius 2 is 1.72 bits per heavy atom. The quantitative estimate of drug-likeness (QED) is 0.647. The molecule has 0 atom stereocenters. The zero-order valence-corrected chi connectivity index (χ0v) is 11.1. The van der Waals surface area contributed by atoms with Crippen LogP contribution in [0.3, 0.4) is 0 Å². The van der Waals surface area contributed by atoms with E-state index in [9.17, 15) is 13.2 Å². The third kappa shape index (κ3) is 5.15. The number of nitrogens with one attached hydrogen (secondary N) is 1. The molecule has 0 amide bonds. The average Bonchev–Trinajstić information content (AvgIpc) is 2.13. The van der Waals surface area contributed by atoms with E-state index in [1.807, 2.05) is 4.72 Å². The van der Waals surface area contributed by atoms with Crippen molar-refractivity contribution in [1.82, 2.24) is 0 Å². The summed E-state index contributed by atoms with van der Waals surface area (Å²) in [5.41, 5.74) is -0.141. The van der Waals surface area contributed by atoms with E-state index in [0.29, 0.717) is 5.56 Å². The first-order valence-electron chi connectivity index (χ1n) is 5.15. The number of esters is 1. The van der Waals surface area contributed by atoms with Crippen LogP contribution in [0, 0.1) is 0 Å². The maximum atomic E-state index is 11.6. The Morgan fingerprint density at radius 3 is 2.11 bits per heavy atom. The Balaban J connectivity index is 2.80. The van der Waals surface area contributed by atoms with Gasteiger partial charge in [-0.25, -0.2) is 4.79 Å². The van der Waals surface area contributed by atoms with Crippen molar-refractivity contribution >= 4 is 22.0 Å². The summed E-state index contributed by atoms with van der Waals surface area (Å²) in [5, 5.41) is 0. The topological polar surface area (TPSA) is 92.7 Å². The van der Waals surface area contributed by atoms with Crippen molar-refractivity contribution in [2.45, 2.75) is 26.4 Å². The Hall–Kier alpha value is -1.60. The van der Waals surface area contributed by atoms with Crippen LogP contribution in [0.1, 0.15) is 31.1 Å². The minimum Gasteiger partial charge on any atom is -0.456 e. The molecule has 6 nitrogen and oxygen atoms in total. The van der Waals surface area contributed by atoms with Crippen molar-refractivity contribution in [2.24, 2.45) is 0 Å². The molecule has 0 unspecified atom stereocenters. The highest BCUT2D eigenvalue weighted by molar-refractivity contribution is 7.87. The van der Waals surface area contributed by atoms with Crippen LogP contribution in [0.25, 0.3) is 0 Å². The number of ether oxygens (including phenoxy) is 1. The molecule has 0 saturated carbocycles.